The Morgan fingerprint density at radius 3 is 1.80 bits per heavy atom. The van der Waals surface area contributed by atoms with Crippen LogP contribution < -0.4 is 20.2 Å². The summed E-state index contributed by atoms with van der Waals surface area (Å²) in [5, 5.41) is 35.0. The number of Topliss-reactive ketones (excluding diaryl/α,β-unsaturated/α-hetero) is 1. The van der Waals surface area contributed by atoms with Crippen LogP contribution in [0, 0.1) is 0 Å². The van der Waals surface area contributed by atoms with Gasteiger partial charge < -0.3 is 29.8 Å². The summed E-state index contributed by atoms with van der Waals surface area (Å²) < 4.78 is 2.22. The molecule has 0 bridgehead atoms. The van der Waals surface area contributed by atoms with Crippen LogP contribution in [-0.2, 0) is 27.5 Å². The molecule has 258 valence electrons. The molecule has 0 atom stereocenters. The molecule has 0 radical (unpaired) electrons. The average molecular weight is 671 g/mol. The van der Waals surface area contributed by atoms with Gasteiger partial charge in [-0.15, -0.1) is 0 Å². The Labute approximate surface area is 293 Å². The molecule has 0 heterocycles. The number of allylic oxidation sites excluding steroid dienone is 7. The highest BCUT2D eigenvalue weighted by Crippen LogP contribution is 2.38. The van der Waals surface area contributed by atoms with Crippen molar-refractivity contribution in [1.29, 1.82) is 0 Å². The number of hydrogen-bond donors (Lipinski definition) is 0. The average Bonchev–Trinajstić information content (AvgIpc) is 3.12. The molecule has 0 fully saturated rings. The molecule has 5 rings (SSSR count). The van der Waals surface area contributed by atoms with Gasteiger partial charge in [0.1, 0.15) is 6.54 Å². The highest BCUT2D eigenvalue weighted by molar-refractivity contribution is 6.39. The van der Waals surface area contributed by atoms with Crippen LogP contribution in [0.4, 0.5) is 5.69 Å². The number of rotatable bonds is 18. The van der Waals surface area contributed by atoms with Gasteiger partial charge in [0.25, 0.3) is 0 Å². The van der Waals surface area contributed by atoms with Gasteiger partial charge in [-0.05, 0) is 79.5 Å². The molecular formula is C42H42N2O6-2. The lowest BCUT2D eigenvalue weighted by Gasteiger charge is -2.32. The van der Waals surface area contributed by atoms with E-state index in [4.69, 9.17) is 0 Å². The van der Waals surface area contributed by atoms with Crippen LogP contribution >= 0.6 is 0 Å². The van der Waals surface area contributed by atoms with Gasteiger partial charge in [-0.2, -0.15) is 0 Å². The molecule has 0 saturated heterocycles. The first-order valence-corrected chi connectivity index (χ1v) is 17.3. The fourth-order valence-electron chi connectivity index (χ4n) is 6.30. The van der Waals surface area contributed by atoms with Crippen LogP contribution in [0.2, 0.25) is 0 Å². The number of ketones is 1. The van der Waals surface area contributed by atoms with E-state index in [1.54, 1.807) is 0 Å². The molecule has 0 spiro atoms. The fourth-order valence-corrected chi connectivity index (χ4v) is 6.30. The zero-order valence-corrected chi connectivity index (χ0v) is 28.2. The number of nitrogens with zero attached hydrogens (tertiary/aromatic N) is 2. The number of aliphatic carboxylic acids is 2. The summed E-state index contributed by atoms with van der Waals surface area (Å²) in [5.74, 6) is -2.59. The quantitative estimate of drug-likeness (QED) is 0.114. The largest absolute Gasteiger partial charge is 0.871 e. The van der Waals surface area contributed by atoms with Gasteiger partial charge in [0.15, 0.2) is 18.0 Å². The van der Waals surface area contributed by atoms with Crippen molar-refractivity contribution in [3.8, 4) is 0 Å². The molecule has 2 aliphatic rings. The Morgan fingerprint density at radius 2 is 1.22 bits per heavy atom. The van der Waals surface area contributed by atoms with Crippen LogP contribution in [0.25, 0.3) is 5.57 Å². The maximum Gasteiger partial charge on any atom is 0.200 e. The van der Waals surface area contributed by atoms with E-state index in [2.05, 4.69) is 33.7 Å². The van der Waals surface area contributed by atoms with Gasteiger partial charge in [-0.3, -0.25) is 4.79 Å². The van der Waals surface area contributed by atoms with Gasteiger partial charge in [0, 0.05) is 66.0 Å². The van der Waals surface area contributed by atoms with Gasteiger partial charge >= 0.3 is 0 Å². The molecular weight excluding hydrogens is 628 g/mol. The molecule has 0 amide bonds. The van der Waals surface area contributed by atoms with E-state index in [1.165, 1.54) is 0 Å². The lowest BCUT2D eigenvalue weighted by molar-refractivity contribution is -0.543. The van der Waals surface area contributed by atoms with Crippen molar-refractivity contribution >= 4 is 34.7 Å². The molecule has 0 saturated carbocycles. The van der Waals surface area contributed by atoms with Crippen molar-refractivity contribution < 1.29 is 34.3 Å². The summed E-state index contributed by atoms with van der Waals surface area (Å²) >= 11 is 0. The molecule has 0 aromatic heterocycles. The molecule has 0 N–H and O–H groups in total. The summed E-state index contributed by atoms with van der Waals surface area (Å²) in [6.45, 7) is 2.81. The molecule has 8 heteroatoms. The number of unbranched alkanes of at least 4 members (excludes halogenated alkanes) is 4. The molecule has 50 heavy (non-hydrogen) atoms. The monoisotopic (exact) mass is 670 g/mol. The highest BCUT2D eigenvalue weighted by atomic mass is 16.4. The zero-order valence-electron chi connectivity index (χ0n) is 28.2. The summed E-state index contributed by atoms with van der Waals surface area (Å²) in [6, 6.07) is 27.7. The first-order valence-electron chi connectivity index (χ1n) is 17.3. The number of carbonyl (C=O) groups excluding carboxylic acids is 3. The predicted molar refractivity (Wildman–Crippen MR) is 188 cm³/mol. The normalized spacial score (nSPS) is 13.8. The minimum absolute atomic E-state index is 0.0554. The van der Waals surface area contributed by atoms with E-state index in [-0.39, 0.29) is 35.5 Å². The number of anilines is 1. The molecule has 2 aliphatic carbocycles. The van der Waals surface area contributed by atoms with E-state index < -0.39 is 11.9 Å². The Balaban J connectivity index is 1.30. The van der Waals surface area contributed by atoms with Crippen molar-refractivity contribution in [3.63, 3.8) is 0 Å². The van der Waals surface area contributed by atoms with Crippen LogP contribution in [0.1, 0.15) is 68.1 Å². The number of carboxylic acids is 2. The van der Waals surface area contributed by atoms with E-state index >= 15 is 0 Å². The Morgan fingerprint density at radius 1 is 0.640 bits per heavy atom. The maximum absolute atomic E-state index is 13.4. The molecule has 3 aromatic carbocycles. The van der Waals surface area contributed by atoms with Crippen molar-refractivity contribution in [2.75, 3.05) is 18.0 Å². The standard InChI is InChI=1S/C42H44N2O6/c45-37(46)17-9-3-11-27-43(29-31-13-5-1-6-14-31)35-23-19-33(20-24-35)39-41(49)40(42(39)50)34-21-25-36(26-22-34)44(28-12-4-10-18-38(47)48)30-32-15-7-2-8-16-32/h1-2,5-8,13-16,19-26H,3-4,9-12,17-18,27-30H2,(H2-,45,46,47,48,49,50)/p-2. The first-order chi connectivity index (χ1) is 24.3. The number of carboxylic acid groups (broad SMARTS) is 2. The van der Waals surface area contributed by atoms with Gasteiger partial charge in [0.05, 0.1) is 0 Å². The number of benzene rings is 3. The third-order valence-corrected chi connectivity index (χ3v) is 9.00. The molecule has 8 nitrogen and oxygen atoms in total. The molecule has 0 aliphatic heterocycles. The predicted octanol–water partition coefficient (Wildman–Crippen LogP) is 4.04. The smallest absolute Gasteiger partial charge is 0.200 e. The minimum Gasteiger partial charge on any atom is -0.871 e. The van der Waals surface area contributed by atoms with Crippen molar-refractivity contribution in [1.82, 2.24) is 0 Å². The van der Waals surface area contributed by atoms with E-state index in [0.29, 0.717) is 37.1 Å². The Kier molecular flexibility index (Phi) is 12.7. The van der Waals surface area contributed by atoms with E-state index in [1.807, 2.05) is 85.0 Å². The molecule has 3 aromatic rings. The van der Waals surface area contributed by atoms with Crippen LogP contribution in [0.15, 0.2) is 126 Å². The van der Waals surface area contributed by atoms with Gasteiger partial charge in [-0.1, -0.05) is 85.0 Å². The van der Waals surface area contributed by atoms with Crippen LogP contribution in [-0.4, -0.2) is 41.1 Å². The lowest BCUT2D eigenvalue weighted by atomic mass is 9.80. The van der Waals surface area contributed by atoms with Gasteiger partial charge in [0.2, 0.25) is 0 Å². The van der Waals surface area contributed by atoms with E-state index in [0.717, 1.165) is 61.3 Å². The number of carbonyl (C=O) groups is 3. The van der Waals surface area contributed by atoms with Gasteiger partial charge in [-0.25, -0.2) is 4.58 Å². The second-order valence-corrected chi connectivity index (χ2v) is 12.7. The van der Waals surface area contributed by atoms with Crippen molar-refractivity contribution in [2.45, 2.75) is 64.5 Å². The zero-order chi connectivity index (χ0) is 35.3. The summed E-state index contributed by atoms with van der Waals surface area (Å²) in [7, 11) is 0. The topological polar surface area (TPSA) is 127 Å². The fraction of sp³-hybridized carbons (Fsp3) is 0.286. The van der Waals surface area contributed by atoms with Crippen LogP contribution in [0.5, 0.6) is 0 Å². The Bertz CT molecular complexity index is 1800. The summed E-state index contributed by atoms with van der Waals surface area (Å²) in [5.41, 5.74) is 5.76. The third kappa shape index (κ3) is 9.78. The second-order valence-electron chi connectivity index (χ2n) is 12.7. The minimum atomic E-state index is -1.03. The summed E-state index contributed by atoms with van der Waals surface area (Å²) in [6.07, 6.45) is 12.0. The van der Waals surface area contributed by atoms with E-state index in [9.17, 15) is 29.7 Å². The third-order valence-electron chi connectivity index (χ3n) is 9.00. The highest BCUT2D eigenvalue weighted by Gasteiger charge is 2.31. The van der Waals surface area contributed by atoms with Crippen molar-refractivity contribution in [2.24, 2.45) is 0 Å². The van der Waals surface area contributed by atoms with Crippen molar-refractivity contribution in [3.05, 3.63) is 143 Å². The summed E-state index contributed by atoms with van der Waals surface area (Å²) in [4.78, 5) is 37.2. The lowest BCUT2D eigenvalue weighted by Crippen LogP contribution is -2.30. The Hall–Kier alpha value is -5.50. The second kappa shape index (κ2) is 17.8. The number of hydrogen-bond acceptors (Lipinski definition) is 7. The first kappa shape index (κ1) is 35.8. The SMILES string of the molecule is O=C([O-])CCCCCN(Cc1ccccc1)c1ccc(C2=C([O-])C(=C3C=CC(=[N+](CCCCCC(=O)[O-])Cc4ccccc4)C=C3)C2=O)cc1. The maximum atomic E-state index is 13.4. The molecule has 0 unspecified atom stereocenters. The van der Waals surface area contributed by atoms with Crippen LogP contribution in [0.3, 0.4) is 0 Å².